The molecule has 0 aromatic heterocycles. The van der Waals surface area contributed by atoms with Gasteiger partial charge in [-0.15, -0.1) is 0 Å². The average Bonchev–Trinajstić information content (AvgIpc) is 3.54. The van der Waals surface area contributed by atoms with Crippen molar-refractivity contribution < 1.29 is 19.1 Å². The zero-order valence-corrected chi connectivity index (χ0v) is 24.6. The maximum atomic E-state index is 15.1. The number of benzene rings is 2. The standard InChI is InChI=1S/C33H44FN3O3/c1-21-9-12-26(29(34)15-21)27-19-36(33(3,4)5)20-28(27)31(38)37-14-13-35(18-22(37)2)30(32(39)40)17-23-10-11-24-7-6-8-25(24)16-23/h9-12,15-16,22,27-28,30H,6-8,13-14,17-20H2,1-5H3,(H,39,40)/t22-,27?,28?,30?/m0/s1. The number of amides is 1. The molecule has 2 fully saturated rings. The number of hydrogen-bond donors (Lipinski definition) is 1. The number of hydrogen-bond acceptors (Lipinski definition) is 4. The molecule has 2 aromatic rings. The van der Waals surface area contributed by atoms with Gasteiger partial charge in [0, 0.05) is 50.2 Å². The van der Waals surface area contributed by atoms with Crippen LogP contribution < -0.4 is 0 Å². The van der Waals surface area contributed by atoms with Gasteiger partial charge in [-0.3, -0.25) is 19.4 Å². The molecule has 3 aliphatic rings. The molecule has 2 aliphatic heterocycles. The SMILES string of the molecule is Cc1ccc(C2CN(C(C)(C)C)CC2C(=O)N2CCN(C(Cc3ccc4c(c3)CCC4)C(=O)O)C[C@@H]2C)c(F)c1. The highest BCUT2D eigenvalue weighted by Gasteiger charge is 2.46. The Kier molecular flexibility index (Phi) is 8.08. The summed E-state index contributed by atoms with van der Waals surface area (Å²) in [5, 5.41) is 10.2. The Balaban J connectivity index is 1.31. The fraction of sp³-hybridized carbons (Fsp3) is 0.576. The molecule has 2 heterocycles. The number of carbonyl (C=O) groups is 2. The molecule has 5 rings (SSSR count). The summed E-state index contributed by atoms with van der Waals surface area (Å²) in [7, 11) is 0. The van der Waals surface area contributed by atoms with Crippen molar-refractivity contribution in [1.29, 1.82) is 0 Å². The van der Waals surface area contributed by atoms with E-state index in [1.807, 2.05) is 35.8 Å². The molecule has 3 unspecified atom stereocenters. The number of nitrogens with zero attached hydrogens (tertiary/aromatic N) is 3. The molecule has 2 saturated heterocycles. The van der Waals surface area contributed by atoms with Crippen LogP contribution in [0, 0.1) is 18.7 Å². The van der Waals surface area contributed by atoms with Gasteiger partial charge in [0.15, 0.2) is 0 Å². The summed E-state index contributed by atoms with van der Waals surface area (Å²) in [5.41, 5.74) is 5.15. The minimum absolute atomic E-state index is 0.0503. The summed E-state index contributed by atoms with van der Waals surface area (Å²) < 4.78 is 15.1. The van der Waals surface area contributed by atoms with Gasteiger partial charge in [0.05, 0.1) is 5.92 Å². The first kappa shape index (κ1) is 28.7. The Hall–Kier alpha value is -2.77. The van der Waals surface area contributed by atoms with E-state index in [1.165, 1.54) is 17.5 Å². The number of carbonyl (C=O) groups excluding carboxylic acids is 1. The summed E-state index contributed by atoms with van der Waals surface area (Å²) in [6.45, 7) is 13.0. The van der Waals surface area contributed by atoms with Crippen molar-refractivity contribution in [2.24, 2.45) is 5.92 Å². The number of piperazine rings is 1. The van der Waals surface area contributed by atoms with Crippen LogP contribution in [0.5, 0.6) is 0 Å². The summed E-state index contributed by atoms with van der Waals surface area (Å²) in [4.78, 5) is 32.7. The monoisotopic (exact) mass is 549 g/mol. The Labute approximate surface area is 238 Å². The molecule has 7 heteroatoms. The van der Waals surface area contributed by atoms with Crippen LogP contribution in [-0.2, 0) is 28.9 Å². The fourth-order valence-corrected chi connectivity index (χ4v) is 7.01. The second-order valence-electron chi connectivity index (χ2n) is 13.2. The molecule has 1 aliphatic carbocycles. The third-order valence-corrected chi connectivity index (χ3v) is 9.40. The lowest BCUT2D eigenvalue weighted by Crippen LogP contribution is -2.59. The number of likely N-dealkylation sites (tertiary alicyclic amines) is 1. The van der Waals surface area contributed by atoms with E-state index in [-0.39, 0.29) is 35.1 Å². The largest absolute Gasteiger partial charge is 0.480 e. The van der Waals surface area contributed by atoms with E-state index < -0.39 is 12.0 Å². The predicted molar refractivity (Wildman–Crippen MR) is 155 cm³/mol. The van der Waals surface area contributed by atoms with Gasteiger partial charge >= 0.3 is 5.97 Å². The van der Waals surface area contributed by atoms with Gasteiger partial charge in [-0.2, -0.15) is 0 Å². The Morgan fingerprint density at radius 2 is 1.77 bits per heavy atom. The zero-order chi connectivity index (χ0) is 28.8. The molecule has 0 saturated carbocycles. The Morgan fingerprint density at radius 3 is 2.45 bits per heavy atom. The maximum Gasteiger partial charge on any atom is 0.321 e. The topological polar surface area (TPSA) is 64.1 Å². The summed E-state index contributed by atoms with van der Waals surface area (Å²) in [6, 6.07) is 11.0. The summed E-state index contributed by atoms with van der Waals surface area (Å²) in [5.74, 6) is -1.57. The second-order valence-corrected chi connectivity index (χ2v) is 13.2. The normalized spacial score (nSPS) is 24.8. The highest BCUT2D eigenvalue weighted by atomic mass is 19.1. The second kappa shape index (κ2) is 11.2. The number of carboxylic acid groups (broad SMARTS) is 1. The first-order chi connectivity index (χ1) is 18.9. The summed E-state index contributed by atoms with van der Waals surface area (Å²) in [6.07, 6.45) is 3.80. The molecule has 4 atom stereocenters. The van der Waals surface area contributed by atoms with Crippen molar-refractivity contribution in [2.45, 2.75) is 83.8 Å². The third kappa shape index (κ3) is 5.82. The number of rotatable bonds is 6. The molecule has 1 N–H and O–H groups in total. The smallest absolute Gasteiger partial charge is 0.321 e. The third-order valence-electron chi connectivity index (χ3n) is 9.40. The van der Waals surface area contributed by atoms with Crippen LogP contribution in [0.2, 0.25) is 0 Å². The van der Waals surface area contributed by atoms with Crippen LogP contribution in [0.1, 0.15) is 67.9 Å². The van der Waals surface area contributed by atoms with Crippen LogP contribution in [0.25, 0.3) is 0 Å². The van der Waals surface area contributed by atoms with E-state index >= 15 is 4.39 Å². The van der Waals surface area contributed by atoms with E-state index in [2.05, 4.69) is 43.9 Å². The Bertz CT molecular complexity index is 1270. The van der Waals surface area contributed by atoms with Crippen LogP contribution in [0.15, 0.2) is 36.4 Å². The van der Waals surface area contributed by atoms with Crippen LogP contribution >= 0.6 is 0 Å². The number of fused-ring (bicyclic) bond motifs is 1. The van der Waals surface area contributed by atoms with Crippen molar-refractivity contribution >= 4 is 11.9 Å². The van der Waals surface area contributed by atoms with Gasteiger partial charge in [-0.25, -0.2) is 4.39 Å². The fourth-order valence-electron chi connectivity index (χ4n) is 7.01. The minimum Gasteiger partial charge on any atom is -0.480 e. The van der Waals surface area contributed by atoms with Crippen molar-refractivity contribution in [2.75, 3.05) is 32.7 Å². The number of aryl methyl sites for hydroxylation is 3. The van der Waals surface area contributed by atoms with Gasteiger partial charge in [0.2, 0.25) is 5.91 Å². The lowest BCUT2D eigenvalue weighted by atomic mass is 9.86. The molecule has 0 radical (unpaired) electrons. The Morgan fingerprint density at radius 1 is 1.02 bits per heavy atom. The van der Waals surface area contributed by atoms with Crippen molar-refractivity contribution in [3.8, 4) is 0 Å². The quantitative estimate of drug-likeness (QED) is 0.568. The lowest BCUT2D eigenvalue weighted by Gasteiger charge is -2.43. The van der Waals surface area contributed by atoms with Gasteiger partial charge in [0.25, 0.3) is 0 Å². The van der Waals surface area contributed by atoms with E-state index in [4.69, 9.17) is 0 Å². The molecule has 0 spiro atoms. The first-order valence-corrected chi connectivity index (χ1v) is 14.8. The molecule has 216 valence electrons. The van der Waals surface area contributed by atoms with Gasteiger partial charge in [-0.05, 0) is 94.2 Å². The minimum atomic E-state index is -0.820. The average molecular weight is 550 g/mol. The van der Waals surface area contributed by atoms with Crippen molar-refractivity contribution in [3.63, 3.8) is 0 Å². The van der Waals surface area contributed by atoms with Crippen molar-refractivity contribution in [3.05, 3.63) is 70.0 Å². The number of halogens is 1. The molecule has 0 bridgehead atoms. The van der Waals surface area contributed by atoms with Crippen LogP contribution in [0.4, 0.5) is 4.39 Å². The van der Waals surface area contributed by atoms with Gasteiger partial charge in [-0.1, -0.05) is 30.3 Å². The van der Waals surface area contributed by atoms with E-state index in [0.29, 0.717) is 44.7 Å². The maximum absolute atomic E-state index is 15.1. The first-order valence-electron chi connectivity index (χ1n) is 14.8. The molecule has 6 nitrogen and oxygen atoms in total. The van der Waals surface area contributed by atoms with Gasteiger partial charge < -0.3 is 10.0 Å². The highest BCUT2D eigenvalue weighted by Crippen LogP contribution is 2.39. The van der Waals surface area contributed by atoms with E-state index in [9.17, 15) is 14.7 Å². The predicted octanol–water partition coefficient (Wildman–Crippen LogP) is 4.67. The summed E-state index contributed by atoms with van der Waals surface area (Å²) >= 11 is 0. The number of carboxylic acids is 1. The number of aliphatic carboxylic acids is 1. The zero-order valence-electron chi connectivity index (χ0n) is 24.6. The van der Waals surface area contributed by atoms with E-state index in [0.717, 1.165) is 24.0 Å². The van der Waals surface area contributed by atoms with Crippen LogP contribution in [-0.4, -0.2) is 82.0 Å². The van der Waals surface area contributed by atoms with Crippen LogP contribution in [0.3, 0.4) is 0 Å². The lowest BCUT2D eigenvalue weighted by molar-refractivity contribution is -0.147. The molecule has 2 aromatic carbocycles. The molecule has 40 heavy (non-hydrogen) atoms. The molecular formula is C33H44FN3O3. The van der Waals surface area contributed by atoms with Gasteiger partial charge in [0.1, 0.15) is 11.9 Å². The highest BCUT2D eigenvalue weighted by molar-refractivity contribution is 5.81. The molecular weight excluding hydrogens is 505 g/mol. The molecule has 1 amide bonds. The van der Waals surface area contributed by atoms with Crippen molar-refractivity contribution in [1.82, 2.24) is 14.7 Å². The van der Waals surface area contributed by atoms with E-state index in [1.54, 1.807) is 6.07 Å².